The van der Waals surface area contributed by atoms with E-state index in [9.17, 15) is 18.0 Å². The van der Waals surface area contributed by atoms with Crippen LogP contribution < -0.4 is 0 Å². The molecule has 2 aliphatic rings. The van der Waals surface area contributed by atoms with Crippen LogP contribution in [-0.2, 0) is 23.9 Å². The van der Waals surface area contributed by atoms with Crippen molar-refractivity contribution in [1.82, 2.24) is 15.0 Å². The van der Waals surface area contributed by atoms with Crippen LogP contribution in [0, 0.1) is 5.92 Å². The summed E-state index contributed by atoms with van der Waals surface area (Å²) in [4.78, 5) is 18.8. The molecule has 1 saturated carbocycles. The lowest BCUT2D eigenvalue weighted by Crippen LogP contribution is -2.41. The number of rotatable bonds is 2. The quantitative estimate of drug-likeness (QED) is 0.825. The van der Waals surface area contributed by atoms with Crippen molar-refractivity contribution in [3.05, 3.63) is 21.7 Å². The number of alkyl halides is 3. The van der Waals surface area contributed by atoms with Crippen molar-refractivity contribution in [2.75, 3.05) is 6.54 Å². The standard InChI is InChI=1S/C15H14F3N3O2S/c16-15(17,18)14-19-12(20-23-14)10-7-24-11-4-5-21(6-9(10)11)13(22)8-2-1-3-8/h7-8H,1-6H2. The molecule has 128 valence electrons. The van der Waals surface area contributed by atoms with Crippen LogP contribution in [0.15, 0.2) is 9.90 Å². The SMILES string of the molecule is O=C(C1CCC1)N1CCc2scc(-c3noc(C(F)(F)F)n3)c2C1. The van der Waals surface area contributed by atoms with Gasteiger partial charge in [-0.05, 0) is 24.8 Å². The van der Waals surface area contributed by atoms with Gasteiger partial charge < -0.3 is 9.42 Å². The average molecular weight is 357 g/mol. The highest BCUT2D eigenvalue weighted by Crippen LogP contribution is 2.37. The molecule has 4 rings (SSSR count). The number of nitrogens with zero attached hydrogens (tertiary/aromatic N) is 3. The first-order chi connectivity index (χ1) is 11.4. The molecule has 1 fully saturated rings. The van der Waals surface area contributed by atoms with Gasteiger partial charge in [-0.3, -0.25) is 4.79 Å². The van der Waals surface area contributed by atoms with Gasteiger partial charge >= 0.3 is 12.1 Å². The maximum Gasteiger partial charge on any atom is 0.471 e. The summed E-state index contributed by atoms with van der Waals surface area (Å²) in [7, 11) is 0. The van der Waals surface area contributed by atoms with E-state index in [-0.39, 0.29) is 17.6 Å². The molecule has 0 radical (unpaired) electrons. The molecule has 0 aromatic carbocycles. The van der Waals surface area contributed by atoms with Crippen molar-refractivity contribution in [2.45, 2.75) is 38.4 Å². The summed E-state index contributed by atoms with van der Waals surface area (Å²) in [6, 6.07) is 0. The smallest absolute Gasteiger partial charge is 0.338 e. The van der Waals surface area contributed by atoms with Gasteiger partial charge in [-0.1, -0.05) is 11.6 Å². The molecule has 0 N–H and O–H groups in total. The van der Waals surface area contributed by atoms with Gasteiger partial charge in [-0.15, -0.1) is 11.3 Å². The molecule has 0 spiro atoms. The number of hydrogen-bond acceptors (Lipinski definition) is 5. The largest absolute Gasteiger partial charge is 0.471 e. The second-order valence-corrected chi connectivity index (χ2v) is 7.07. The van der Waals surface area contributed by atoms with Crippen LogP contribution in [0.1, 0.15) is 35.6 Å². The van der Waals surface area contributed by atoms with E-state index in [1.165, 1.54) is 11.3 Å². The maximum atomic E-state index is 12.6. The molecule has 5 nitrogen and oxygen atoms in total. The third kappa shape index (κ3) is 2.60. The van der Waals surface area contributed by atoms with Crippen LogP contribution in [0.5, 0.6) is 0 Å². The van der Waals surface area contributed by atoms with Crippen molar-refractivity contribution >= 4 is 17.2 Å². The summed E-state index contributed by atoms with van der Waals surface area (Å²) in [6.45, 7) is 1.06. The summed E-state index contributed by atoms with van der Waals surface area (Å²) >= 11 is 1.46. The zero-order chi connectivity index (χ0) is 16.9. The molecule has 1 amide bonds. The Bertz CT molecular complexity index is 779. The van der Waals surface area contributed by atoms with Gasteiger partial charge in [-0.2, -0.15) is 18.2 Å². The number of halogens is 3. The number of aromatic nitrogens is 2. The second kappa shape index (κ2) is 5.58. The molecule has 2 aromatic heterocycles. The molecular formula is C15H14F3N3O2S. The van der Waals surface area contributed by atoms with Gasteiger partial charge in [0.1, 0.15) is 0 Å². The van der Waals surface area contributed by atoms with Crippen molar-refractivity contribution < 1.29 is 22.5 Å². The minimum absolute atomic E-state index is 0.0715. The normalized spacial score (nSPS) is 18.4. The Morgan fingerprint density at radius 3 is 2.79 bits per heavy atom. The van der Waals surface area contributed by atoms with E-state index in [0.29, 0.717) is 25.1 Å². The third-order valence-electron chi connectivity index (χ3n) is 4.61. The number of hydrogen-bond donors (Lipinski definition) is 0. The molecule has 0 unspecified atom stereocenters. The molecule has 24 heavy (non-hydrogen) atoms. The van der Waals surface area contributed by atoms with Gasteiger partial charge in [-0.25, -0.2) is 0 Å². The number of amides is 1. The number of carbonyl (C=O) groups excluding carboxylic acids is 1. The summed E-state index contributed by atoms with van der Waals surface area (Å²) in [5.74, 6) is -1.17. The van der Waals surface area contributed by atoms with Gasteiger partial charge in [0, 0.05) is 34.8 Å². The molecule has 1 aliphatic heterocycles. The highest BCUT2D eigenvalue weighted by Gasteiger charge is 2.39. The Hall–Kier alpha value is -1.90. The predicted octanol–water partition coefficient (Wildman–Crippen LogP) is 3.50. The van der Waals surface area contributed by atoms with Gasteiger partial charge in [0.05, 0.1) is 0 Å². The first-order valence-corrected chi connectivity index (χ1v) is 8.61. The molecule has 0 bridgehead atoms. The number of thiophene rings is 1. The van der Waals surface area contributed by atoms with Crippen LogP contribution in [0.4, 0.5) is 13.2 Å². The summed E-state index contributed by atoms with van der Waals surface area (Å²) in [5, 5.41) is 5.21. The lowest BCUT2D eigenvalue weighted by atomic mass is 9.84. The highest BCUT2D eigenvalue weighted by molar-refractivity contribution is 7.10. The summed E-state index contributed by atoms with van der Waals surface area (Å²) < 4.78 is 42.2. The van der Waals surface area contributed by atoms with Crippen LogP contribution in [0.25, 0.3) is 11.4 Å². The van der Waals surface area contributed by atoms with Crippen molar-refractivity contribution in [3.8, 4) is 11.4 Å². The minimum atomic E-state index is -4.66. The highest BCUT2D eigenvalue weighted by atomic mass is 32.1. The van der Waals surface area contributed by atoms with E-state index in [4.69, 9.17) is 0 Å². The monoisotopic (exact) mass is 357 g/mol. The van der Waals surface area contributed by atoms with Gasteiger partial charge in [0.25, 0.3) is 0 Å². The Labute approximate surface area is 139 Å². The van der Waals surface area contributed by atoms with Gasteiger partial charge in [0.2, 0.25) is 11.7 Å². The van der Waals surface area contributed by atoms with Crippen molar-refractivity contribution in [3.63, 3.8) is 0 Å². The fraction of sp³-hybridized carbons (Fsp3) is 0.533. The minimum Gasteiger partial charge on any atom is -0.338 e. The molecule has 3 heterocycles. The number of fused-ring (bicyclic) bond motifs is 1. The van der Waals surface area contributed by atoms with Crippen LogP contribution in [0.2, 0.25) is 0 Å². The van der Waals surface area contributed by atoms with Crippen molar-refractivity contribution in [1.29, 1.82) is 0 Å². The molecular weight excluding hydrogens is 343 g/mol. The molecule has 1 aliphatic carbocycles. The molecule has 9 heteroatoms. The Kier molecular flexibility index (Phi) is 3.63. The fourth-order valence-corrected chi connectivity index (χ4v) is 4.08. The first-order valence-electron chi connectivity index (χ1n) is 7.73. The Morgan fingerprint density at radius 2 is 2.17 bits per heavy atom. The average Bonchev–Trinajstić information content (AvgIpc) is 3.10. The molecule has 2 aromatic rings. The zero-order valence-corrected chi connectivity index (χ0v) is 13.4. The summed E-state index contributed by atoms with van der Waals surface area (Å²) in [6.07, 6.45) is -1.00. The Morgan fingerprint density at radius 1 is 1.38 bits per heavy atom. The third-order valence-corrected chi connectivity index (χ3v) is 5.70. The zero-order valence-electron chi connectivity index (χ0n) is 12.6. The topological polar surface area (TPSA) is 59.2 Å². The fourth-order valence-electron chi connectivity index (χ4n) is 3.05. The lowest BCUT2D eigenvalue weighted by molar-refractivity contribution is -0.159. The maximum absolute atomic E-state index is 12.6. The predicted molar refractivity (Wildman–Crippen MR) is 79.1 cm³/mol. The van der Waals surface area contributed by atoms with E-state index >= 15 is 0 Å². The molecule has 0 atom stereocenters. The van der Waals surface area contributed by atoms with Crippen LogP contribution >= 0.6 is 11.3 Å². The van der Waals surface area contributed by atoms with Crippen LogP contribution in [0.3, 0.4) is 0 Å². The van der Waals surface area contributed by atoms with E-state index in [1.807, 2.05) is 0 Å². The molecule has 0 saturated heterocycles. The van der Waals surface area contributed by atoms with Gasteiger partial charge in [0.15, 0.2) is 0 Å². The lowest BCUT2D eigenvalue weighted by Gasteiger charge is -2.34. The van der Waals surface area contributed by atoms with E-state index in [1.54, 1.807) is 10.3 Å². The second-order valence-electron chi connectivity index (χ2n) is 6.11. The first kappa shape index (κ1) is 15.6. The number of carbonyl (C=O) groups is 1. The van der Waals surface area contributed by atoms with E-state index < -0.39 is 12.1 Å². The van der Waals surface area contributed by atoms with Crippen molar-refractivity contribution in [2.24, 2.45) is 5.92 Å². The Balaban J connectivity index is 1.60. The van der Waals surface area contributed by atoms with E-state index in [2.05, 4.69) is 14.7 Å². The van der Waals surface area contributed by atoms with E-state index in [0.717, 1.165) is 29.7 Å². The summed E-state index contributed by atoms with van der Waals surface area (Å²) in [5.41, 5.74) is 1.37. The van der Waals surface area contributed by atoms with Crippen LogP contribution in [-0.4, -0.2) is 27.5 Å².